The van der Waals surface area contributed by atoms with Gasteiger partial charge in [0.15, 0.2) is 0 Å². The fourth-order valence-electron chi connectivity index (χ4n) is 2.24. The number of carbonyl (C=O) groups is 2. The number of carbonyl (C=O) groups excluding carboxylic acids is 1. The van der Waals surface area contributed by atoms with Gasteiger partial charge in [-0.1, -0.05) is 24.9 Å². The number of amides is 1. The summed E-state index contributed by atoms with van der Waals surface area (Å²) >= 11 is 5.94. The molecule has 1 aromatic carbocycles. The first-order chi connectivity index (χ1) is 9.92. The minimum absolute atomic E-state index is 0.145. The van der Waals surface area contributed by atoms with E-state index in [4.69, 9.17) is 16.7 Å². The lowest BCUT2D eigenvalue weighted by molar-refractivity contribution is -0.137. The van der Waals surface area contributed by atoms with Crippen LogP contribution in [0.1, 0.15) is 48.5 Å². The van der Waals surface area contributed by atoms with Crippen molar-refractivity contribution >= 4 is 23.5 Å². The van der Waals surface area contributed by atoms with Gasteiger partial charge in [0.25, 0.3) is 5.91 Å². The van der Waals surface area contributed by atoms with Crippen molar-refractivity contribution in [1.29, 1.82) is 0 Å². The first kappa shape index (κ1) is 17.5. The molecule has 1 rings (SSSR count). The molecule has 1 atom stereocenters. The van der Waals surface area contributed by atoms with Gasteiger partial charge in [0, 0.05) is 23.6 Å². The Kier molecular flexibility index (Phi) is 7.23. The van der Waals surface area contributed by atoms with Crippen molar-refractivity contribution < 1.29 is 14.7 Å². The Morgan fingerprint density at radius 2 is 2.00 bits per heavy atom. The molecule has 0 saturated heterocycles. The molecule has 4 nitrogen and oxygen atoms in total. The minimum atomic E-state index is -0.771. The summed E-state index contributed by atoms with van der Waals surface area (Å²) in [4.78, 5) is 22.6. The number of aryl methyl sites for hydroxylation is 1. The minimum Gasteiger partial charge on any atom is -0.481 e. The largest absolute Gasteiger partial charge is 0.481 e. The first-order valence-electron chi connectivity index (χ1n) is 7.19. The molecule has 0 aliphatic rings. The fourth-order valence-corrected chi connectivity index (χ4v) is 2.53. The molecule has 0 radical (unpaired) electrons. The van der Waals surface area contributed by atoms with Crippen LogP contribution in [0, 0.1) is 12.8 Å². The molecular weight excluding hydrogens is 290 g/mol. The summed E-state index contributed by atoms with van der Waals surface area (Å²) in [6, 6.07) is 5.24. The van der Waals surface area contributed by atoms with Gasteiger partial charge in [-0.15, -0.1) is 0 Å². The van der Waals surface area contributed by atoms with Crippen molar-refractivity contribution in [2.75, 3.05) is 6.54 Å². The van der Waals surface area contributed by atoms with E-state index in [0.717, 1.165) is 18.4 Å². The topological polar surface area (TPSA) is 66.4 Å². The van der Waals surface area contributed by atoms with Gasteiger partial charge < -0.3 is 10.4 Å². The van der Waals surface area contributed by atoms with Gasteiger partial charge in [-0.05, 0) is 49.4 Å². The van der Waals surface area contributed by atoms with Crippen LogP contribution in [-0.2, 0) is 4.79 Å². The highest BCUT2D eigenvalue weighted by Crippen LogP contribution is 2.16. The second-order valence-corrected chi connectivity index (χ2v) is 5.70. The molecule has 0 bridgehead atoms. The third-order valence-electron chi connectivity index (χ3n) is 3.49. The molecule has 0 fully saturated rings. The predicted octanol–water partition coefficient (Wildman–Crippen LogP) is 3.66. The average molecular weight is 312 g/mol. The van der Waals surface area contributed by atoms with E-state index in [2.05, 4.69) is 5.32 Å². The highest BCUT2D eigenvalue weighted by atomic mass is 35.5. The maximum Gasteiger partial charge on any atom is 0.303 e. The summed E-state index contributed by atoms with van der Waals surface area (Å²) in [6.45, 7) is 4.47. The number of aliphatic carboxylic acids is 1. The molecule has 5 heteroatoms. The number of nitrogens with one attached hydrogen (secondary N) is 1. The molecule has 1 amide bonds. The zero-order valence-corrected chi connectivity index (χ0v) is 13.2. The van der Waals surface area contributed by atoms with Gasteiger partial charge in [-0.2, -0.15) is 0 Å². The fraction of sp³-hybridized carbons (Fsp3) is 0.500. The zero-order chi connectivity index (χ0) is 15.8. The Hall–Kier alpha value is -1.55. The number of carboxylic acid groups (broad SMARTS) is 1. The van der Waals surface area contributed by atoms with Gasteiger partial charge in [0.1, 0.15) is 0 Å². The van der Waals surface area contributed by atoms with Crippen LogP contribution in [0.5, 0.6) is 0 Å². The lowest BCUT2D eigenvalue weighted by Gasteiger charge is -2.14. The number of benzene rings is 1. The Morgan fingerprint density at radius 1 is 1.29 bits per heavy atom. The highest BCUT2D eigenvalue weighted by Gasteiger charge is 2.11. The standard InChI is InChI=1S/C16H22ClNO3/c1-3-12(4-5-15(19)20)6-7-18-16(21)13-8-11(2)9-14(17)10-13/h8-10,12H,3-7H2,1-2H3,(H,18,21)(H,19,20). The van der Waals surface area contributed by atoms with Crippen LogP contribution < -0.4 is 5.32 Å². The maximum atomic E-state index is 12.0. The van der Waals surface area contributed by atoms with E-state index in [-0.39, 0.29) is 12.3 Å². The van der Waals surface area contributed by atoms with E-state index in [9.17, 15) is 9.59 Å². The molecule has 1 unspecified atom stereocenters. The first-order valence-corrected chi connectivity index (χ1v) is 7.57. The summed E-state index contributed by atoms with van der Waals surface area (Å²) in [5, 5.41) is 12.1. The molecule has 0 aromatic heterocycles. The van der Waals surface area contributed by atoms with E-state index < -0.39 is 5.97 Å². The van der Waals surface area contributed by atoms with Crippen molar-refractivity contribution in [2.45, 2.75) is 39.5 Å². The molecule has 0 spiro atoms. The summed E-state index contributed by atoms with van der Waals surface area (Å²) < 4.78 is 0. The van der Waals surface area contributed by atoms with Gasteiger partial charge in [0.2, 0.25) is 0 Å². The molecule has 0 aliphatic carbocycles. The van der Waals surface area contributed by atoms with Crippen molar-refractivity contribution in [2.24, 2.45) is 5.92 Å². The molecule has 0 heterocycles. The molecule has 0 aliphatic heterocycles. The van der Waals surface area contributed by atoms with Gasteiger partial charge in [-0.25, -0.2) is 0 Å². The summed E-state index contributed by atoms with van der Waals surface area (Å²) in [6.07, 6.45) is 2.53. The summed E-state index contributed by atoms with van der Waals surface area (Å²) in [7, 11) is 0. The number of halogens is 1. The van der Waals surface area contributed by atoms with Crippen LogP contribution in [0.15, 0.2) is 18.2 Å². The molecule has 116 valence electrons. The smallest absolute Gasteiger partial charge is 0.303 e. The van der Waals surface area contributed by atoms with Crippen LogP contribution in [0.4, 0.5) is 0 Å². The monoisotopic (exact) mass is 311 g/mol. The van der Waals surface area contributed by atoms with Crippen molar-refractivity contribution in [3.8, 4) is 0 Å². The lowest BCUT2D eigenvalue weighted by Crippen LogP contribution is -2.26. The van der Waals surface area contributed by atoms with Crippen LogP contribution in [0.25, 0.3) is 0 Å². The number of rotatable bonds is 8. The van der Waals surface area contributed by atoms with E-state index in [1.54, 1.807) is 18.2 Å². The molecule has 21 heavy (non-hydrogen) atoms. The molecule has 0 saturated carbocycles. The highest BCUT2D eigenvalue weighted by molar-refractivity contribution is 6.31. The quantitative estimate of drug-likeness (QED) is 0.770. The van der Waals surface area contributed by atoms with Crippen molar-refractivity contribution in [1.82, 2.24) is 5.32 Å². The Balaban J connectivity index is 2.43. The Labute approximate surface area is 130 Å². The van der Waals surface area contributed by atoms with Crippen molar-refractivity contribution in [3.63, 3.8) is 0 Å². The zero-order valence-electron chi connectivity index (χ0n) is 12.5. The van der Waals surface area contributed by atoms with Crippen LogP contribution in [0.2, 0.25) is 5.02 Å². The van der Waals surface area contributed by atoms with E-state index in [1.807, 2.05) is 13.8 Å². The average Bonchev–Trinajstić information content (AvgIpc) is 2.41. The van der Waals surface area contributed by atoms with E-state index in [1.165, 1.54) is 0 Å². The van der Waals surface area contributed by atoms with Crippen LogP contribution >= 0.6 is 11.6 Å². The molecule has 1 aromatic rings. The van der Waals surface area contributed by atoms with E-state index >= 15 is 0 Å². The normalized spacial score (nSPS) is 12.0. The second-order valence-electron chi connectivity index (χ2n) is 5.27. The van der Waals surface area contributed by atoms with E-state index in [0.29, 0.717) is 29.5 Å². The maximum absolute atomic E-state index is 12.0. The van der Waals surface area contributed by atoms with Crippen molar-refractivity contribution in [3.05, 3.63) is 34.3 Å². The van der Waals surface area contributed by atoms with Crippen LogP contribution in [0.3, 0.4) is 0 Å². The third-order valence-corrected chi connectivity index (χ3v) is 3.70. The molecular formula is C16H22ClNO3. The molecule has 2 N–H and O–H groups in total. The summed E-state index contributed by atoms with van der Waals surface area (Å²) in [5.74, 6) is -0.594. The Bertz CT molecular complexity index is 482. The number of hydrogen-bond acceptors (Lipinski definition) is 2. The third kappa shape index (κ3) is 6.63. The SMILES string of the molecule is CCC(CCNC(=O)c1cc(C)cc(Cl)c1)CCC(=O)O. The lowest BCUT2D eigenvalue weighted by atomic mass is 9.96. The van der Waals surface area contributed by atoms with Gasteiger partial charge >= 0.3 is 5.97 Å². The predicted molar refractivity (Wildman–Crippen MR) is 83.8 cm³/mol. The van der Waals surface area contributed by atoms with Gasteiger partial charge in [0.05, 0.1) is 0 Å². The van der Waals surface area contributed by atoms with Gasteiger partial charge in [-0.3, -0.25) is 9.59 Å². The number of carboxylic acids is 1. The second kappa shape index (κ2) is 8.67. The van der Waals surface area contributed by atoms with Crippen LogP contribution in [-0.4, -0.2) is 23.5 Å². The number of hydrogen-bond donors (Lipinski definition) is 2. The Morgan fingerprint density at radius 3 is 2.57 bits per heavy atom. The summed E-state index contributed by atoms with van der Waals surface area (Å²) in [5.41, 5.74) is 1.50.